The maximum Gasteiger partial charge on any atom is 0.355 e. The van der Waals surface area contributed by atoms with E-state index in [9.17, 15) is 14.7 Å². The third kappa shape index (κ3) is 3.21. The Kier molecular flexibility index (Phi) is 4.46. The van der Waals surface area contributed by atoms with E-state index in [1.807, 2.05) is 0 Å². The first-order valence-corrected chi connectivity index (χ1v) is 7.98. The third-order valence-electron chi connectivity index (χ3n) is 3.88. The summed E-state index contributed by atoms with van der Waals surface area (Å²) in [5.74, 6) is -1.22. The molecule has 0 aliphatic carbocycles. The summed E-state index contributed by atoms with van der Waals surface area (Å²) in [6.45, 7) is 3.57. The zero-order chi connectivity index (χ0) is 18.1. The molecule has 0 saturated carbocycles. The van der Waals surface area contributed by atoms with E-state index in [-0.39, 0.29) is 16.6 Å². The van der Waals surface area contributed by atoms with E-state index in [1.54, 1.807) is 26.0 Å². The van der Waals surface area contributed by atoms with E-state index in [1.165, 1.54) is 18.5 Å². The van der Waals surface area contributed by atoms with Gasteiger partial charge >= 0.3 is 5.97 Å². The lowest BCUT2D eigenvalue weighted by Gasteiger charge is -2.11. The number of aromatic nitrogens is 3. The highest BCUT2D eigenvalue weighted by Gasteiger charge is 2.18. The van der Waals surface area contributed by atoms with Gasteiger partial charge in [-0.2, -0.15) is 0 Å². The predicted molar refractivity (Wildman–Crippen MR) is 94.1 cm³/mol. The topological polar surface area (TPSA) is 93.0 Å². The summed E-state index contributed by atoms with van der Waals surface area (Å²) >= 11 is 5.85. The van der Waals surface area contributed by atoms with Gasteiger partial charge in [0.25, 0.3) is 0 Å². The van der Waals surface area contributed by atoms with E-state index < -0.39 is 5.97 Å². The lowest BCUT2D eigenvalue weighted by molar-refractivity contribution is 0.0691. The molecule has 0 aliphatic rings. The fraction of sp³-hybridized carbons (Fsp3) is 0.167. The Hall–Kier alpha value is -2.86. The number of hydrogen-bond acceptors (Lipinski definition) is 5. The minimum absolute atomic E-state index is 0.0661. The molecule has 7 heteroatoms. The number of pyridine rings is 3. The van der Waals surface area contributed by atoms with E-state index in [2.05, 4.69) is 15.0 Å². The number of carbonyl (C=O) groups is 2. The number of carbonyl (C=O) groups excluding carboxylic acids is 1. The Bertz CT molecular complexity index is 1020. The van der Waals surface area contributed by atoms with Crippen molar-refractivity contribution >= 4 is 34.3 Å². The van der Waals surface area contributed by atoms with Crippen LogP contribution in [-0.4, -0.2) is 31.8 Å². The number of carboxylic acids is 1. The molecular formula is C18H14ClN3O3. The standard InChI is InChI=1S/C18H14ClN3O3/c1-3-15(23)14-4-9(2)12(8-20-14)11-5-10-7-21-16(19)6-13(10)22-17(11)18(24)25/h4-8H,3H2,1-2H3,(H,24,25). The molecule has 0 atom stereocenters. The number of Topliss-reactive ketones (excluding diaryl/α,β-unsaturated/α-hetero) is 1. The molecule has 3 aromatic heterocycles. The fourth-order valence-electron chi connectivity index (χ4n) is 2.58. The number of fused-ring (bicyclic) bond motifs is 1. The van der Waals surface area contributed by atoms with Gasteiger partial charge in [0.05, 0.1) is 5.52 Å². The highest BCUT2D eigenvalue weighted by molar-refractivity contribution is 6.30. The second-order valence-electron chi connectivity index (χ2n) is 5.55. The number of nitrogens with zero attached hydrogens (tertiary/aromatic N) is 3. The van der Waals surface area contributed by atoms with Crippen molar-refractivity contribution in [2.45, 2.75) is 20.3 Å². The first-order valence-electron chi connectivity index (χ1n) is 7.60. The second kappa shape index (κ2) is 6.57. The Labute approximate surface area is 148 Å². The summed E-state index contributed by atoms with van der Waals surface area (Å²) < 4.78 is 0. The van der Waals surface area contributed by atoms with Gasteiger partial charge in [-0.25, -0.2) is 14.8 Å². The van der Waals surface area contributed by atoms with Crippen LogP contribution in [0.3, 0.4) is 0 Å². The number of carboxylic acid groups (broad SMARTS) is 1. The molecule has 0 radical (unpaired) electrons. The Balaban J connectivity index is 2.23. The first kappa shape index (κ1) is 17.0. The highest BCUT2D eigenvalue weighted by atomic mass is 35.5. The molecule has 0 bridgehead atoms. The van der Waals surface area contributed by atoms with Gasteiger partial charge in [0.2, 0.25) is 0 Å². The monoisotopic (exact) mass is 355 g/mol. The van der Waals surface area contributed by atoms with Crippen molar-refractivity contribution in [1.82, 2.24) is 15.0 Å². The van der Waals surface area contributed by atoms with Crippen molar-refractivity contribution in [2.75, 3.05) is 0 Å². The van der Waals surface area contributed by atoms with E-state index >= 15 is 0 Å². The van der Waals surface area contributed by atoms with Crippen LogP contribution in [0.2, 0.25) is 5.15 Å². The maximum absolute atomic E-state index is 11.8. The molecular weight excluding hydrogens is 342 g/mol. The summed E-state index contributed by atoms with van der Waals surface area (Å²) in [7, 11) is 0. The van der Waals surface area contributed by atoms with E-state index in [0.717, 1.165) is 5.56 Å². The molecule has 0 saturated heterocycles. The van der Waals surface area contributed by atoms with Gasteiger partial charge in [-0.3, -0.25) is 9.78 Å². The molecule has 0 unspecified atom stereocenters. The molecule has 1 N–H and O–H groups in total. The van der Waals surface area contributed by atoms with Gasteiger partial charge in [-0.05, 0) is 24.6 Å². The molecule has 0 fully saturated rings. The van der Waals surface area contributed by atoms with Crippen molar-refractivity contribution in [1.29, 1.82) is 0 Å². The van der Waals surface area contributed by atoms with Gasteiger partial charge in [-0.15, -0.1) is 0 Å². The summed E-state index contributed by atoms with van der Waals surface area (Å²) in [6.07, 6.45) is 3.41. The molecule has 0 spiro atoms. The highest BCUT2D eigenvalue weighted by Crippen LogP contribution is 2.29. The van der Waals surface area contributed by atoms with Crippen LogP contribution in [0.4, 0.5) is 0 Å². The molecule has 6 nitrogen and oxygen atoms in total. The zero-order valence-corrected chi connectivity index (χ0v) is 14.3. The smallest absolute Gasteiger partial charge is 0.355 e. The van der Waals surface area contributed by atoms with Crippen molar-refractivity contribution in [3.63, 3.8) is 0 Å². The lowest BCUT2D eigenvalue weighted by atomic mass is 9.98. The molecule has 3 heterocycles. The molecule has 25 heavy (non-hydrogen) atoms. The molecule has 0 aliphatic heterocycles. The number of hydrogen-bond donors (Lipinski definition) is 1. The van der Waals surface area contributed by atoms with E-state index in [4.69, 9.17) is 11.6 Å². The molecule has 3 aromatic rings. The van der Waals surface area contributed by atoms with Gasteiger partial charge in [0.15, 0.2) is 11.5 Å². The molecule has 126 valence electrons. The number of rotatable bonds is 4. The number of halogens is 1. The minimum Gasteiger partial charge on any atom is -0.476 e. The van der Waals surface area contributed by atoms with Crippen LogP contribution < -0.4 is 0 Å². The zero-order valence-electron chi connectivity index (χ0n) is 13.6. The third-order valence-corrected chi connectivity index (χ3v) is 4.08. The second-order valence-corrected chi connectivity index (χ2v) is 5.94. The summed E-state index contributed by atoms with van der Waals surface area (Å²) in [5.41, 5.74) is 2.48. The number of ketones is 1. The average molecular weight is 356 g/mol. The van der Waals surface area contributed by atoms with Crippen LogP contribution in [0, 0.1) is 6.92 Å². The average Bonchev–Trinajstić information content (AvgIpc) is 2.59. The van der Waals surface area contributed by atoms with Gasteiger partial charge < -0.3 is 5.11 Å². The molecule has 0 amide bonds. The minimum atomic E-state index is -1.15. The molecule has 0 aromatic carbocycles. The molecule has 3 rings (SSSR count). The summed E-state index contributed by atoms with van der Waals surface area (Å²) in [4.78, 5) is 35.9. The number of aryl methyl sites for hydroxylation is 1. The van der Waals surface area contributed by atoms with Crippen molar-refractivity contribution in [2.24, 2.45) is 0 Å². The van der Waals surface area contributed by atoms with Gasteiger partial charge in [0.1, 0.15) is 10.8 Å². The SMILES string of the molecule is CCC(=O)c1cc(C)c(-c2cc3cnc(Cl)cc3nc2C(=O)O)cn1. The van der Waals surface area contributed by atoms with Crippen LogP contribution in [0.1, 0.15) is 39.9 Å². The van der Waals surface area contributed by atoms with Crippen LogP contribution in [0.25, 0.3) is 22.0 Å². The summed E-state index contributed by atoms with van der Waals surface area (Å²) in [5, 5.41) is 10.4. The predicted octanol–water partition coefficient (Wildman–Crippen LogP) is 3.94. The fourth-order valence-corrected chi connectivity index (χ4v) is 2.74. The Morgan fingerprint density at radius 3 is 2.52 bits per heavy atom. The Morgan fingerprint density at radius 1 is 1.12 bits per heavy atom. The quantitative estimate of drug-likeness (QED) is 0.562. The largest absolute Gasteiger partial charge is 0.476 e. The first-order chi connectivity index (χ1) is 11.9. The lowest BCUT2D eigenvalue weighted by Crippen LogP contribution is -2.06. The van der Waals surface area contributed by atoms with Crippen LogP contribution >= 0.6 is 11.6 Å². The van der Waals surface area contributed by atoms with Crippen LogP contribution in [0.15, 0.2) is 30.6 Å². The summed E-state index contributed by atoms with van der Waals surface area (Å²) in [6, 6.07) is 4.87. The van der Waals surface area contributed by atoms with Crippen LogP contribution in [-0.2, 0) is 0 Å². The van der Waals surface area contributed by atoms with Crippen molar-refractivity contribution in [3.05, 3.63) is 52.7 Å². The number of aromatic carboxylic acids is 1. The maximum atomic E-state index is 11.8. The van der Waals surface area contributed by atoms with E-state index in [0.29, 0.717) is 34.1 Å². The van der Waals surface area contributed by atoms with Crippen molar-refractivity contribution < 1.29 is 14.7 Å². The normalized spacial score (nSPS) is 10.8. The van der Waals surface area contributed by atoms with Gasteiger partial charge in [-0.1, -0.05) is 18.5 Å². The van der Waals surface area contributed by atoms with Crippen LogP contribution in [0.5, 0.6) is 0 Å². The van der Waals surface area contributed by atoms with Gasteiger partial charge in [0, 0.05) is 41.4 Å². The Morgan fingerprint density at radius 2 is 1.88 bits per heavy atom. The van der Waals surface area contributed by atoms with Crippen molar-refractivity contribution in [3.8, 4) is 11.1 Å².